The number of carbonyl (C=O) groups is 5. The molecule has 2 heterocycles. The first-order valence-corrected chi connectivity index (χ1v) is 13.5. The Kier molecular flexibility index (Phi) is 8.11. The van der Waals surface area contributed by atoms with Crippen LogP contribution < -0.4 is 16.4 Å². The third-order valence-electron chi connectivity index (χ3n) is 8.02. The molecule has 0 bridgehead atoms. The van der Waals surface area contributed by atoms with Crippen LogP contribution in [-0.4, -0.2) is 82.9 Å². The van der Waals surface area contributed by atoms with Crippen LogP contribution in [0.5, 0.6) is 0 Å². The Balaban J connectivity index is 1.81. The van der Waals surface area contributed by atoms with Gasteiger partial charge in [-0.1, -0.05) is 34.6 Å². The van der Waals surface area contributed by atoms with Gasteiger partial charge in [0.15, 0.2) is 0 Å². The standard InChI is InChI=1S/C27H45N5O6/c1-25(2,3)20(30-24(37)38-26(4,5)6)23(36)32-13-15-18(27(15,7)8)19(32)22(35)29-16(21(28)34)14-31-12-10-9-11-17(31)33/h15-16,18-20H,9-14H2,1-8H3,(H2,28,34)(H,29,35)(H,30,37)/t15-,16?,18-,19-,20+/m0/s1. The predicted molar refractivity (Wildman–Crippen MR) is 140 cm³/mol. The molecule has 0 aromatic heterocycles. The third kappa shape index (κ3) is 6.40. The van der Waals surface area contributed by atoms with Gasteiger partial charge < -0.3 is 30.9 Å². The highest BCUT2D eigenvalue weighted by atomic mass is 16.6. The SMILES string of the molecule is CC(C)(C)OC(=O)N[C@H](C(=O)N1C[C@H]2[C@@H]([C@H]1C(=O)NC(CN1CCCCC1=O)C(N)=O)C2(C)C)C(C)(C)C. The van der Waals surface area contributed by atoms with Gasteiger partial charge in [-0.05, 0) is 56.3 Å². The van der Waals surface area contributed by atoms with Crippen LogP contribution >= 0.6 is 0 Å². The molecule has 2 aliphatic heterocycles. The van der Waals surface area contributed by atoms with Crippen molar-refractivity contribution in [2.75, 3.05) is 19.6 Å². The van der Waals surface area contributed by atoms with E-state index in [1.807, 2.05) is 20.8 Å². The number of ether oxygens (including phenoxy) is 1. The fourth-order valence-electron chi connectivity index (χ4n) is 5.79. The maximum atomic E-state index is 13.9. The minimum atomic E-state index is -1.07. The maximum Gasteiger partial charge on any atom is 0.408 e. The summed E-state index contributed by atoms with van der Waals surface area (Å²) in [5.41, 5.74) is 4.06. The third-order valence-corrected chi connectivity index (χ3v) is 8.02. The molecule has 11 nitrogen and oxygen atoms in total. The van der Waals surface area contributed by atoms with E-state index in [0.717, 1.165) is 12.8 Å². The van der Waals surface area contributed by atoms with Gasteiger partial charge in [0.05, 0.1) is 0 Å². The lowest BCUT2D eigenvalue weighted by molar-refractivity contribution is -0.144. The summed E-state index contributed by atoms with van der Waals surface area (Å²) in [6.07, 6.45) is 1.32. The lowest BCUT2D eigenvalue weighted by Gasteiger charge is -2.38. The second-order valence-corrected chi connectivity index (χ2v) is 13.6. The van der Waals surface area contributed by atoms with Crippen LogP contribution in [0, 0.1) is 22.7 Å². The van der Waals surface area contributed by atoms with Crippen molar-refractivity contribution < 1.29 is 28.7 Å². The van der Waals surface area contributed by atoms with Crippen molar-refractivity contribution in [1.29, 1.82) is 0 Å². The van der Waals surface area contributed by atoms with Crippen LogP contribution in [-0.2, 0) is 23.9 Å². The molecule has 11 heteroatoms. The molecule has 214 valence electrons. The molecule has 2 saturated heterocycles. The van der Waals surface area contributed by atoms with Crippen molar-refractivity contribution in [3.63, 3.8) is 0 Å². The van der Waals surface area contributed by atoms with E-state index in [-0.39, 0.29) is 35.6 Å². The number of carbonyl (C=O) groups excluding carboxylic acids is 5. The van der Waals surface area contributed by atoms with Gasteiger partial charge in [-0.3, -0.25) is 19.2 Å². The van der Waals surface area contributed by atoms with E-state index in [2.05, 4.69) is 24.5 Å². The Labute approximate surface area is 225 Å². The van der Waals surface area contributed by atoms with Crippen molar-refractivity contribution in [2.45, 2.75) is 98.4 Å². The maximum absolute atomic E-state index is 13.9. The Hall–Kier alpha value is -2.85. The van der Waals surface area contributed by atoms with E-state index < -0.39 is 47.0 Å². The Morgan fingerprint density at radius 2 is 1.71 bits per heavy atom. The fourth-order valence-corrected chi connectivity index (χ4v) is 5.79. The van der Waals surface area contributed by atoms with Gasteiger partial charge in [-0.2, -0.15) is 0 Å². The van der Waals surface area contributed by atoms with Crippen molar-refractivity contribution in [1.82, 2.24) is 20.4 Å². The first-order chi connectivity index (χ1) is 17.3. The van der Waals surface area contributed by atoms with Crippen LogP contribution in [0.2, 0.25) is 0 Å². The summed E-state index contributed by atoms with van der Waals surface area (Å²) in [5.74, 6) is -1.65. The number of piperidine rings is 2. The Morgan fingerprint density at radius 3 is 2.24 bits per heavy atom. The van der Waals surface area contributed by atoms with Crippen LogP contribution in [0.25, 0.3) is 0 Å². The summed E-state index contributed by atoms with van der Waals surface area (Å²) in [4.78, 5) is 67.8. The zero-order valence-corrected chi connectivity index (χ0v) is 24.1. The number of alkyl carbamates (subject to hydrolysis) is 1. The average molecular weight is 536 g/mol. The number of nitrogens with two attached hydrogens (primary N) is 1. The van der Waals surface area contributed by atoms with E-state index >= 15 is 0 Å². The molecular formula is C27H45N5O6. The number of amides is 5. The summed E-state index contributed by atoms with van der Waals surface area (Å²) in [6, 6.07) is -2.83. The molecule has 3 fully saturated rings. The molecule has 3 aliphatic rings. The molecule has 0 aromatic carbocycles. The fraction of sp³-hybridized carbons (Fsp3) is 0.815. The van der Waals surface area contributed by atoms with Crippen LogP contribution in [0.1, 0.15) is 74.7 Å². The van der Waals surface area contributed by atoms with E-state index in [0.29, 0.717) is 19.5 Å². The monoisotopic (exact) mass is 535 g/mol. The molecule has 0 aromatic rings. The molecule has 1 saturated carbocycles. The zero-order valence-electron chi connectivity index (χ0n) is 24.1. The number of likely N-dealkylation sites (tertiary alicyclic amines) is 2. The van der Waals surface area contributed by atoms with Gasteiger partial charge >= 0.3 is 6.09 Å². The van der Waals surface area contributed by atoms with Gasteiger partial charge in [0.25, 0.3) is 0 Å². The van der Waals surface area contributed by atoms with Gasteiger partial charge in [-0.25, -0.2) is 4.79 Å². The minimum absolute atomic E-state index is 0.00285. The Morgan fingerprint density at radius 1 is 1.08 bits per heavy atom. The van der Waals surface area contributed by atoms with Gasteiger partial charge in [0.1, 0.15) is 23.7 Å². The van der Waals surface area contributed by atoms with Crippen LogP contribution in [0.3, 0.4) is 0 Å². The lowest BCUT2D eigenvalue weighted by Crippen LogP contribution is -2.61. The Bertz CT molecular complexity index is 981. The van der Waals surface area contributed by atoms with Crippen molar-refractivity contribution in [3.8, 4) is 0 Å². The molecule has 38 heavy (non-hydrogen) atoms. The number of rotatable bonds is 7. The largest absolute Gasteiger partial charge is 0.444 e. The topological polar surface area (TPSA) is 151 Å². The quantitative estimate of drug-likeness (QED) is 0.448. The zero-order chi connectivity index (χ0) is 28.8. The number of fused-ring (bicyclic) bond motifs is 1. The highest BCUT2D eigenvalue weighted by molar-refractivity contribution is 5.95. The summed E-state index contributed by atoms with van der Waals surface area (Å²) < 4.78 is 5.39. The summed E-state index contributed by atoms with van der Waals surface area (Å²) in [5, 5.41) is 5.46. The summed E-state index contributed by atoms with van der Waals surface area (Å²) in [6.45, 7) is 15.7. The van der Waals surface area contributed by atoms with Gasteiger partial charge in [0.2, 0.25) is 23.6 Å². The molecule has 5 atom stereocenters. The molecule has 0 spiro atoms. The summed E-state index contributed by atoms with van der Waals surface area (Å²) in [7, 11) is 0. The number of nitrogens with zero attached hydrogens (tertiary/aromatic N) is 2. The number of nitrogens with one attached hydrogen (secondary N) is 2. The normalized spacial score (nSPS) is 26.2. The second-order valence-electron chi connectivity index (χ2n) is 13.6. The van der Waals surface area contributed by atoms with E-state index in [9.17, 15) is 24.0 Å². The van der Waals surface area contributed by atoms with E-state index in [1.54, 1.807) is 25.7 Å². The molecule has 4 N–H and O–H groups in total. The van der Waals surface area contributed by atoms with Crippen LogP contribution in [0.15, 0.2) is 0 Å². The molecular weight excluding hydrogens is 490 g/mol. The number of hydrogen-bond donors (Lipinski definition) is 3. The first kappa shape index (κ1) is 29.7. The minimum Gasteiger partial charge on any atom is -0.444 e. The second kappa shape index (κ2) is 10.4. The smallest absolute Gasteiger partial charge is 0.408 e. The predicted octanol–water partition coefficient (Wildman–Crippen LogP) is 1.39. The number of hydrogen-bond acceptors (Lipinski definition) is 6. The molecule has 5 amide bonds. The van der Waals surface area contributed by atoms with Crippen LogP contribution in [0.4, 0.5) is 4.79 Å². The molecule has 1 unspecified atom stereocenters. The molecule has 3 rings (SSSR count). The average Bonchev–Trinajstić information content (AvgIpc) is 3.10. The highest BCUT2D eigenvalue weighted by Gasteiger charge is 2.70. The van der Waals surface area contributed by atoms with Gasteiger partial charge in [0, 0.05) is 26.1 Å². The highest BCUT2D eigenvalue weighted by Crippen LogP contribution is 2.65. The van der Waals surface area contributed by atoms with Crippen molar-refractivity contribution in [3.05, 3.63) is 0 Å². The van der Waals surface area contributed by atoms with Gasteiger partial charge in [-0.15, -0.1) is 0 Å². The van der Waals surface area contributed by atoms with E-state index in [4.69, 9.17) is 10.5 Å². The molecule has 0 radical (unpaired) electrons. The molecule has 1 aliphatic carbocycles. The van der Waals surface area contributed by atoms with Crippen molar-refractivity contribution >= 4 is 29.7 Å². The van der Waals surface area contributed by atoms with Crippen molar-refractivity contribution in [2.24, 2.45) is 28.4 Å². The first-order valence-electron chi connectivity index (χ1n) is 13.5. The van der Waals surface area contributed by atoms with E-state index in [1.165, 1.54) is 4.90 Å². The number of primary amides is 1. The lowest BCUT2D eigenvalue weighted by atomic mass is 9.85. The summed E-state index contributed by atoms with van der Waals surface area (Å²) >= 11 is 0.